The number of likely N-dealkylation sites (N-methyl/N-ethyl adjacent to an activating group) is 1. The van der Waals surface area contributed by atoms with Gasteiger partial charge in [-0.1, -0.05) is 58.0 Å². The van der Waals surface area contributed by atoms with Gasteiger partial charge in [0.15, 0.2) is 11.6 Å². The molecule has 3 aliphatic rings. The topological polar surface area (TPSA) is 252 Å². The van der Waals surface area contributed by atoms with Gasteiger partial charge in [0.2, 0.25) is 35.4 Å². The molecule has 1 aromatic rings. The summed E-state index contributed by atoms with van der Waals surface area (Å²) in [6.07, 6.45) is -3.24. The number of esters is 1. The SMILES string of the molecule is CC(C)C(=O)N[C@@H](C)C(=O)C[C@@H]1C(=O)N[C@@H](C2CC2)C(=O)C[C@H]2CC[C@@H](O)N(C2=O)[C@@H](CC(N)=O)C(=O)N(C)[C@@H](Cc2ccccc2)C(=O)N[C@@H](C(C)C)C(=O)O[C@@H]1C. The first-order valence-corrected chi connectivity index (χ1v) is 20.5. The number of nitrogens with two attached hydrogens (primary N) is 1. The number of carbonyl (C=O) groups is 9. The lowest BCUT2D eigenvalue weighted by molar-refractivity contribution is -0.168. The number of cyclic esters (lactones) is 1. The molecule has 1 saturated carbocycles. The van der Waals surface area contributed by atoms with Gasteiger partial charge in [0.25, 0.3) is 0 Å². The Bertz CT molecular complexity index is 1770. The number of amides is 6. The Hall–Kier alpha value is -5.19. The van der Waals surface area contributed by atoms with E-state index in [1.165, 1.54) is 20.9 Å². The molecule has 3 fully saturated rings. The summed E-state index contributed by atoms with van der Waals surface area (Å²) < 4.78 is 5.85. The van der Waals surface area contributed by atoms with Gasteiger partial charge in [-0.25, -0.2) is 4.79 Å². The maximum Gasteiger partial charge on any atom is 0.329 e. The zero-order valence-corrected chi connectivity index (χ0v) is 35.0. The summed E-state index contributed by atoms with van der Waals surface area (Å²) in [6.45, 7) is 9.52. The van der Waals surface area contributed by atoms with E-state index in [9.17, 15) is 48.3 Å². The summed E-state index contributed by atoms with van der Waals surface area (Å²) >= 11 is 0. The maximum absolute atomic E-state index is 14.5. The molecule has 9 atom stereocenters. The lowest BCUT2D eigenvalue weighted by Crippen LogP contribution is -2.62. The Labute approximate surface area is 344 Å². The van der Waals surface area contributed by atoms with Crippen LogP contribution in [0.1, 0.15) is 92.1 Å². The van der Waals surface area contributed by atoms with E-state index in [0.29, 0.717) is 18.4 Å². The summed E-state index contributed by atoms with van der Waals surface area (Å²) in [4.78, 5) is 126. The number of nitrogens with zero attached hydrogens (tertiary/aromatic N) is 2. The van der Waals surface area contributed by atoms with Crippen LogP contribution in [0.4, 0.5) is 0 Å². The molecule has 2 saturated heterocycles. The standard InChI is InChI=1S/C42H60N6O11/c1-21(2)35-42(58)59-24(6)28(19-31(49)23(5)44-37(53)22(3)4)38(54)46-36(26-13-14-26)32(50)18-27-15-16-34(52)48(40(27)56)30(20-33(43)51)41(57)47(7)29(39(55)45-35)17-25-11-9-8-10-12-25/h8-12,21-24,26-30,34-36,52H,13-20H2,1-7H3,(H2,43,51)(H,44,53)(H,45,55)(H,46,54)/t23-,24+,27+,28-,29-,30-,34+,35-,36-/m0/s1. The summed E-state index contributed by atoms with van der Waals surface area (Å²) in [6, 6.07) is 2.30. The molecule has 324 valence electrons. The fourth-order valence-electron chi connectivity index (χ4n) is 7.58. The number of aliphatic hydroxyl groups excluding tert-OH is 1. The quantitative estimate of drug-likeness (QED) is 0.193. The Morgan fingerprint density at radius 3 is 2.10 bits per heavy atom. The maximum atomic E-state index is 14.5. The zero-order chi connectivity index (χ0) is 43.9. The molecule has 0 radical (unpaired) electrons. The van der Waals surface area contributed by atoms with Crippen LogP contribution < -0.4 is 21.7 Å². The summed E-state index contributed by atoms with van der Waals surface area (Å²) in [7, 11) is 1.31. The van der Waals surface area contributed by atoms with Crippen molar-refractivity contribution in [3.63, 3.8) is 0 Å². The molecule has 0 aromatic heterocycles. The van der Waals surface area contributed by atoms with Crippen LogP contribution in [0.25, 0.3) is 0 Å². The van der Waals surface area contributed by atoms with E-state index in [2.05, 4.69) is 16.0 Å². The molecule has 0 spiro atoms. The van der Waals surface area contributed by atoms with E-state index in [1.807, 2.05) is 0 Å². The molecule has 2 aliphatic heterocycles. The Balaban J connectivity index is 1.81. The van der Waals surface area contributed by atoms with E-state index in [0.717, 1.165) is 9.80 Å². The van der Waals surface area contributed by atoms with Crippen molar-refractivity contribution in [2.45, 2.75) is 135 Å². The second-order valence-corrected chi connectivity index (χ2v) is 16.9. The largest absolute Gasteiger partial charge is 0.460 e. The molecule has 59 heavy (non-hydrogen) atoms. The Kier molecular flexibility index (Phi) is 15.9. The first-order chi connectivity index (χ1) is 27.7. The van der Waals surface area contributed by atoms with E-state index in [4.69, 9.17) is 10.5 Å². The molecule has 17 nitrogen and oxygen atoms in total. The van der Waals surface area contributed by atoms with Gasteiger partial charge in [0.05, 0.1) is 24.4 Å². The van der Waals surface area contributed by atoms with Gasteiger partial charge in [0.1, 0.15) is 30.5 Å². The predicted octanol–water partition coefficient (Wildman–Crippen LogP) is 0.533. The van der Waals surface area contributed by atoms with E-state index >= 15 is 0 Å². The fourth-order valence-corrected chi connectivity index (χ4v) is 7.58. The number of hydrogen-bond donors (Lipinski definition) is 5. The lowest BCUT2D eigenvalue weighted by atomic mass is 9.86. The van der Waals surface area contributed by atoms with E-state index in [-0.39, 0.29) is 37.5 Å². The molecule has 17 heteroatoms. The number of piperidine rings is 1. The average molecular weight is 825 g/mol. The summed E-state index contributed by atoms with van der Waals surface area (Å²) in [5.74, 6) is -10.2. The van der Waals surface area contributed by atoms with Crippen LogP contribution in [0, 0.1) is 29.6 Å². The number of aliphatic hydroxyl groups is 1. The van der Waals surface area contributed by atoms with Crippen molar-refractivity contribution in [1.82, 2.24) is 25.8 Å². The number of benzene rings is 1. The number of carbonyl (C=O) groups excluding carboxylic acids is 9. The number of ketones is 2. The first kappa shape index (κ1) is 46.5. The van der Waals surface area contributed by atoms with E-state index < -0.39 is 126 Å². The van der Waals surface area contributed by atoms with Crippen molar-refractivity contribution < 1.29 is 53.0 Å². The molecular weight excluding hydrogens is 764 g/mol. The van der Waals surface area contributed by atoms with Crippen LogP contribution in [-0.2, 0) is 54.3 Å². The van der Waals surface area contributed by atoms with Crippen molar-refractivity contribution in [3.8, 4) is 0 Å². The minimum atomic E-state index is -1.65. The van der Waals surface area contributed by atoms with Gasteiger partial charge >= 0.3 is 5.97 Å². The number of rotatable bonds is 11. The van der Waals surface area contributed by atoms with Crippen LogP contribution in [0.15, 0.2) is 30.3 Å². The monoisotopic (exact) mass is 824 g/mol. The van der Waals surface area contributed by atoms with Crippen molar-refractivity contribution in [3.05, 3.63) is 35.9 Å². The molecule has 4 rings (SSSR count). The number of primary amides is 1. The van der Waals surface area contributed by atoms with Crippen molar-refractivity contribution in [2.75, 3.05) is 7.05 Å². The third-order valence-corrected chi connectivity index (χ3v) is 11.5. The normalized spacial score (nSPS) is 28.5. The number of Topliss-reactive ketones (excluding diaryl/α,β-unsaturated/α-hetero) is 2. The Morgan fingerprint density at radius 1 is 0.881 bits per heavy atom. The zero-order valence-electron chi connectivity index (χ0n) is 35.0. The molecular formula is C42H60N6O11. The third-order valence-electron chi connectivity index (χ3n) is 11.5. The predicted molar refractivity (Wildman–Crippen MR) is 212 cm³/mol. The molecule has 6 N–H and O–H groups in total. The molecule has 1 aromatic carbocycles. The second-order valence-electron chi connectivity index (χ2n) is 16.9. The lowest BCUT2D eigenvalue weighted by Gasteiger charge is -2.42. The van der Waals surface area contributed by atoms with Crippen LogP contribution >= 0.6 is 0 Å². The smallest absolute Gasteiger partial charge is 0.329 e. The first-order valence-electron chi connectivity index (χ1n) is 20.5. The number of nitrogens with one attached hydrogen (secondary N) is 3. The second kappa shape index (κ2) is 20.2. The van der Waals surface area contributed by atoms with E-state index in [1.54, 1.807) is 58.0 Å². The van der Waals surface area contributed by atoms with Crippen LogP contribution in [-0.4, -0.2) is 117 Å². The fraction of sp³-hybridized carbons (Fsp3) is 0.643. The highest BCUT2D eigenvalue weighted by molar-refractivity contribution is 5.99. The minimum absolute atomic E-state index is 0.0485. The Morgan fingerprint density at radius 2 is 1.53 bits per heavy atom. The highest BCUT2D eigenvalue weighted by Crippen LogP contribution is 2.36. The summed E-state index contributed by atoms with van der Waals surface area (Å²) in [5, 5.41) is 19.3. The third kappa shape index (κ3) is 12.0. The van der Waals surface area contributed by atoms with Crippen molar-refractivity contribution in [2.24, 2.45) is 35.3 Å². The van der Waals surface area contributed by atoms with Gasteiger partial charge in [-0.05, 0) is 56.9 Å². The van der Waals surface area contributed by atoms with Gasteiger partial charge in [0, 0.05) is 38.1 Å². The van der Waals surface area contributed by atoms with Gasteiger partial charge in [-0.3, -0.25) is 38.4 Å². The van der Waals surface area contributed by atoms with Crippen LogP contribution in [0.3, 0.4) is 0 Å². The number of ether oxygens (including phenoxy) is 1. The molecule has 2 heterocycles. The highest BCUT2D eigenvalue weighted by Gasteiger charge is 2.47. The van der Waals surface area contributed by atoms with Crippen LogP contribution in [0.2, 0.25) is 0 Å². The van der Waals surface area contributed by atoms with Crippen molar-refractivity contribution >= 4 is 53.0 Å². The van der Waals surface area contributed by atoms with Gasteiger partial charge in [-0.2, -0.15) is 0 Å². The van der Waals surface area contributed by atoms with Crippen LogP contribution in [0.5, 0.6) is 0 Å². The molecule has 1 aliphatic carbocycles. The molecule has 0 unspecified atom stereocenters. The van der Waals surface area contributed by atoms with Crippen molar-refractivity contribution in [1.29, 1.82) is 0 Å². The number of fused-ring (bicyclic) bond motifs is 2. The van der Waals surface area contributed by atoms with Gasteiger partial charge in [-0.15, -0.1) is 0 Å². The minimum Gasteiger partial charge on any atom is -0.460 e. The van der Waals surface area contributed by atoms with Gasteiger partial charge < -0.3 is 41.3 Å². The average Bonchev–Trinajstić information content (AvgIpc) is 4.02. The number of hydrogen-bond acceptors (Lipinski definition) is 11. The molecule has 2 bridgehead atoms. The highest BCUT2D eigenvalue weighted by atomic mass is 16.5. The summed E-state index contributed by atoms with van der Waals surface area (Å²) in [5.41, 5.74) is 6.22. The molecule has 6 amide bonds.